The van der Waals surface area contributed by atoms with Gasteiger partial charge in [0.2, 0.25) is 0 Å². The van der Waals surface area contributed by atoms with Gasteiger partial charge in [-0.15, -0.1) is 0 Å². The van der Waals surface area contributed by atoms with Crippen LogP contribution < -0.4 is 5.32 Å². The third-order valence-corrected chi connectivity index (χ3v) is 3.89. The summed E-state index contributed by atoms with van der Waals surface area (Å²) in [5, 5.41) is 15.6. The van der Waals surface area contributed by atoms with Crippen LogP contribution in [0.25, 0.3) is 0 Å². The maximum absolute atomic E-state index is 12.0. The zero-order chi connectivity index (χ0) is 13.4. The summed E-state index contributed by atoms with van der Waals surface area (Å²) >= 11 is 0. The van der Waals surface area contributed by atoms with Gasteiger partial charge in [0.25, 0.3) is 5.91 Å². The summed E-state index contributed by atoms with van der Waals surface area (Å²) in [4.78, 5) is 23.0. The van der Waals surface area contributed by atoms with E-state index >= 15 is 0 Å². The molecule has 0 spiro atoms. The summed E-state index contributed by atoms with van der Waals surface area (Å²) in [5.74, 6) is -0.507. The van der Waals surface area contributed by atoms with Crippen LogP contribution in [0, 0.1) is 5.92 Å². The lowest BCUT2D eigenvalue weighted by atomic mass is 10.0. The Bertz CT molecular complexity index is 506. The van der Waals surface area contributed by atoms with Crippen molar-refractivity contribution in [2.24, 2.45) is 5.92 Å². The summed E-state index contributed by atoms with van der Waals surface area (Å²) in [7, 11) is 0. The Labute approximate surface area is 110 Å². The van der Waals surface area contributed by atoms with Crippen molar-refractivity contribution in [3.05, 3.63) is 17.5 Å². The lowest BCUT2D eigenvalue weighted by molar-refractivity contribution is -0.142. The van der Waals surface area contributed by atoms with Crippen LogP contribution in [-0.4, -0.2) is 28.2 Å². The third-order valence-electron chi connectivity index (χ3n) is 3.89. The number of carbonyl (C=O) groups is 2. The average molecular weight is 264 g/mol. The SMILES string of the molecule is O=C(NC1CCCC1C(=O)O)c1cc(C2CC2)on1. The van der Waals surface area contributed by atoms with Gasteiger partial charge in [-0.2, -0.15) is 0 Å². The quantitative estimate of drug-likeness (QED) is 0.860. The van der Waals surface area contributed by atoms with Gasteiger partial charge >= 0.3 is 5.97 Å². The van der Waals surface area contributed by atoms with E-state index < -0.39 is 11.9 Å². The number of hydrogen-bond donors (Lipinski definition) is 2. The Kier molecular flexibility index (Phi) is 3.00. The van der Waals surface area contributed by atoms with Crippen molar-refractivity contribution >= 4 is 11.9 Å². The minimum atomic E-state index is -0.846. The number of aromatic nitrogens is 1. The molecule has 0 radical (unpaired) electrons. The van der Waals surface area contributed by atoms with E-state index in [1.807, 2.05) is 0 Å². The zero-order valence-electron chi connectivity index (χ0n) is 10.5. The first-order chi connectivity index (χ1) is 9.15. The monoisotopic (exact) mass is 264 g/mol. The Hall–Kier alpha value is -1.85. The van der Waals surface area contributed by atoms with Gasteiger partial charge in [0, 0.05) is 18.0 Å². The van der Waals surface area contributed by atoms with E-state index in [0.29, 0.717) is 18.8 Å². The van der Waals surface area contributed by atoms with E-state index in [9.17, 15) is 9.59 Å². The second-order valence-electron chi connectivity index (χ2n) is 5.34. The molecule has 2 aliphatic carbocycles. The molecule has 0 bridgehead atoms. The molecule has 2 fully saturated rings. The minimum absolute atomic E-state index is 0.248. The molecule has 0 aliphatic heterocycles. The molecular weight excluding hydrogens is 248 g/mol. The molecule has 2 unspecified atom stereocenters. The van der Waals surface area contributed by atoms with Gasteiger partial charge in [0.15, 0.2) is 5.69 Å². The molecule has 19 heavy (non-hydrogen) atoms. The van der Waals surface area contributed by atoms with E-state index in [1.165, 1.54) is 0 Å². The number of carboxylic acids is 1. The first kappa shape index (κ1) is 12.2. The predicted octanol–water partition coefficient (Wildman–Crippen LogP) is 1.54. The maximum atomic E-state index is 12.0. The largest absolute Gasteiger partial charge is 0.481 e. The number of rotatable bonds is 4. The Morgan fingerprint density at radius 3 is 2.79 bits per heavy atom. The second kappa shape index (κ2) is 4.68. The highest BCUT2D eigenvalue weighted by molar-refractivity contribution is 5.92. The second-order valence-corrected chi connectivity index (χ2v) is 5.34. The Morgan fingerprint density at radius 2 is 2.11 bits per heavy atom. The highest BCUT2D eigenvalue weighted by atomic mass is 16.5. The lowest BCUT2D eigenvalue weighted by Crippen LogP contribution is -2.40. The van der Waals surface area contributed by atoms with Crippen molar-refractivity contribution in [3.8, 4) is 0 Å². The van der Waals surface area contributed by atoms with Crippen molar-refractivity contribution in [3.63, 3.8) is 0 Å². The zero-order valence-corrected chi connectivity index (χ0v) is 10.5. The fourth-order valence-corrected chi connectivity index (χ4v) is 2.63. The molecule has 2 saturated carbocycles. The van der Waals surface area contributed by atoms with Crippen molar-refractivity contribution in [2.75, 3.05) is 0 Å². The first-order valence-corrected chi connectivity index (χ1v) is 6.65. The van der Waals surface area contributed by atoms with Crippen LogP contribution in [0.3, 0.4) is 0 Å². The normalized spacial score (nSPS) is 26.3. The van der Waals surface area contributed by atoms with E-state index in [-0.39, 0.29) is 17.6 Å². The van der Waals surface area contributed by atoms with Gasteiger partial charge in [-0.05, 0) is 25.7 Å². The molecule has 6 nitrogen and oxygen atoms in total. The van der Waals surface area contributed by atoms with Crippen LogP contribution in [0.15, 0.2) is 10.6 Å². The summed E-state index contributed by atoms with van der Waals surface area (Å²) in [5.41, 5.74) is 0.248. The number of carboxylic acid groups (broad SMARTS) is 1. The van der Waals surface area contributed by atoms with Crippen molar-refractivity contribution in [1.29, 1.82) is 0 Å². The highest BCUT2D eigenvalue weighted by Crippen LogP contribution is 2.40. The number of amides is 1. The number of nitrogens with one attached hydrogen (secondary N) is 1. The van der Waals surface area contributed by atoms with Gasteiger partial charge in [0.1, 0.15) is 5.76 Å². The topological polar surface area (TPSA) is 92.4 Å². The molecule has 3 rings (SSSR count). The molecule has 1 aromatic rings. The molecule has 2 N–H and O–H groups in total. The van der Waals surface area contributed by atoms with Crippen LogP contribution in [0.4, 0.5) is 0 Å². The fourth-order valence-electron chi connectivity index (χ4n) is 2.63. The fraction of sp³-hybridized carbons (Fsp3) is 0.615. The van der Waals surface area contributed by atoms with Gasteiger partial charge in [-0.25, -0.2) is 0 Å². The summed E-state index contributed by atoms with van der Waals surface area (Å²) in [6.07, 6.45) is 4.32. The van der Waals surface area contributed by atoms with Gasteiger partial charge in [-0.3, -0.25) is 9.59 Å². The van der Waals surface area contributed by atoms with Crippen LogP contribution in [0.2, 0.25) is 0 Å². The van der Waals surface area contributed by atoms with E-state index in [2.05, 4.69) is 10.5 Å². The number of aliphatic carboxylic acids is 1. The molecule has 0 aromatic carbocycles. The van der Waals surface area contributed by atoms with Gasteiger partial charge in [-0.1, -0.05) is 11.6 Å². The standard InChI is InChI=1S/C13H16N2O4/c16-12(10-6-11(19-15-10)7-4-5-7)14-9-3-1-2-8(9)13(17)18/h6-9H,1-5H2,(H,14,16)(H,17,18). The van der Waals surface area contributed by atoms with Crippen molar-refractivity contribution in [2.45, 2.75) is 44.1 Å². The Morgan fingerprint density at radius 1 is 1.32 bits per heavy atom. The number of nitrogens with zero attached hydrogens (tertiary/aromatic N) is 1. The van der Waals surface area contributed by atoms with Gasteiger partial charge in [0.05, 0.1) is 5.92 Å². The Balaban J connectivity index is 1.64. The first-order valence-electron chi connectivity index (χ1n) is 6.65. The molecule has 1 heterocycles. The minimum Gasteiger partial charge on any atom is -0.481 e. The van der Waals surface area contributed by atoms with E-state index in [4.69, 9.17) is 9.63 Å². The highest BCUT2D eigenvalue weighted by Gasteiger charge is 2.35. The molecule has 2 atom stereocenters. The molecule has 102 valence electrons. The summed E-state index contributed by atoms with van der Waals surface area (Å²) in [6, 6.07) is 1.36. The molecule has 1 amide bonds. The summed E-state index contributed by atoms with van der Waals surface area (Å²) < 4.78 is 5.12. The number of hydrogen-bond acceptors (Lipinski definition) is 4. The molecule has 6 heteroatoms. The van der Waals surface area contributed by atoms with Crippen LogP contribution in [-0.2, 0) is 4.79 Å². The summed E-state index contributed by atoms with van der Waals surface area (Å²) in [6.45, 7) is 0. The van der Waals surface area contributed by atoms with Crippen molar-refractivity contribution in [1.82, 2.24) is 10.5 Å². The average Bonchev–Trinajstić information content (AvgIpc) is 2.92. The molecule has 2 aliphatic rings. The predicted molar refractivity (Wildman–Crippen MR) is 64.7 cm³/mol. The maximum Gasteiger partial charge on any atom is 0.308 e. The molecule has 0 saturated heterocycles. The van der Waals surface area contributed by atoms with Crippen LogP contribution in [0.1, 0.15) is 54.3 Å². The third kappa shape index (κ3) is 2.47. The lowest BCUT2D eigenvalue weighted by Gasteiger charge is -2.16. The van der Waals surface area contributed by atoms with Gasteiger partial charge < -0.3 is 14.9 Å². The van der Waals surface area contributed by atoms with E-state index in [1.54, 1.807) is 6.07 Å². The van der Waals surface area contributed by atoms with Crippen LogP contribution >= 0.6 is 0 Å². The van der Waals surface area contributed by atoms with E-state index in [0.717, 1.165) is 25.0 Å². The van der Waals surface area contributed by atoms with Crippen LogP contribution in [0.5, 0.6) is 0 Å². The van der Waals surface area contributed by atoms with Crippen molar-refractivity contribution < 1.29 is 19.2 Å². The molecular formula is C13H16N2O4. The smallest absolute Gasteiger partial charge is 0.308 e. The molecule has 1 aromatic heterocycles. The number of carbonyl (C=O) groups excluding carboxylic acids is 1.